The van der Waals surface area contributed by atoms with Gasteiger partial charge >= 0.3 is 0 Å². The maximum Gasteiger partial charge on any atom is 0.148 e. The van der Waals surface area contributed by atoms with Crippen LogP contribution in [0.2, 0.25) is 0 Å². The van der Waals surface area contributed by atoms with Gasteiger partial charge in [0.1, 0.15) is 5.82 Å². The standard InChI is InChI=1S/C11H17N3/c1-8-4-5-10(14-13-8)12-7-9-6-11(9,2)3/h4-5,9H,6-7H2,1-3H3,(H,12,14). The molecule has 1 N–H and O–H groups in total. The lowest BCUT2D eigenvalue weighted by Crippen LogP contribution is -2.08. The van der Waals surface area contributed by atoms with Gasteiger partial charge < -0.3 is 5.32 Å². The minimum atomic E-state index is 0.533. The van der Waals surface area contributed by atoms with Crippen molar-refractivity contribution < 1.29 is 0 Å². The maximum atomic E-state index is 4.06. The van der Waals surface area contributed by atoms with Crippen LogP contribution in [0.25, 0.3) is 0 Å². The van der Waals surface area contributed by atoms with E-state index in [-0.39, 0.29) is 0 Å². The van der Waals surface area contributed by atoms with Crippen molar-refractivity contribution >= 4 is 5.82 Å². The van der Waals surface area contributed by atoms with Gasteiger partial charge in [-0.2, -0.15) is 5.10 Å². The molecule has 1 atom stereocenters. The summed E-state index contributed by atoms with van der Waals surface area (Å²) in [5.74, 6) is 1.68. The van der Waals surface area contributed by atoms with Gasteiger partial charge in [0.25, 0.3) is 0 Å². The Morgan fingerprint density at radius 1 is 1.43 bits per heavy atom. The van der Waals surface area contributed by atoms with E-state index in [1.807, 2.05) is 19.1 Å². The highest BCUT2D eigenvalue weighted by Gasteiger charge is 2.44. The van der Waals surface area contributed by atoms with Gasteiger partial charge in [-0.05, 0) is 36.8 Å². The SMILES string of the molecule is Cc1ccc(NCC2CC2(C)C)nn1. The molecule has 1 aromatic heterocycles. The topological polar surface area (TPSA) is 37.8 Å². The van der Waals surface area contributed by atoms with Crippen LogP contribution in [-0.2, 0) is 0 Å². The van der Waals surface area contributed by atoms with Crippen molar-refractivity contribution in [3.8, 4) is 0 Å². The summed E-state index contributed by atoms with van der Waals surface area (Å²) in [7, 11) is 0. The minimum absolute atomic E-state index is 0.533. The lowest BCUT2D eigenvalue weighted by Gasteiger charge is -2.05. The van der Waals surface area contributed by atoms with Gasteiger partial charge in [0.2, 0.25) is 0 Å². The molecular formula is C11H17N3. The van der Waals surface area contributed by atoms with Crippen molar-refractivity contribution in [2.45, 2.75) is 27.2 Å². The van der Waals surface area contributed by atoms with Crippen LogP contribution < -0.4 is 5.32 Å². The zero-order valence-corrected chi connectivity index (χ0v) is 9.04. The van der Waals surface area contributed by atoms with E-state index in [0.717, 1.165) is 24.0 Å². The molecule has 0 aliphatic heterocycles. The van der Waals surface area contributed by atoms with Gasteiger partial charge in [0, 0.05) is 6.54 Å². The molecule has 14 heavy (non-hydrogen) atoms. The van der Waals surface area contributed by atoms with Gasteiger partial charge in [-0.15, -0.1) is 5.10 Å². The summed E-state index contributed by atoms with van der Waals surface area (Å²) in [5, 5.41) is 11.4. The highest BCUT2D eigenvalue weighted by atomic mass is 15.2. The molecule has 0 spiro atoms. The molecule has 3 heteroatoms. The van der Waals surface area contributed by atoms with Gasteiger partial charge in [-0.3, -0.25) is 0 Å². The van der Waals surface area contributed by atoms with Gasteiger partial charge in [-0.25, -0.2) is 0 Å². The summed E-state index contributed by atoms with van der Waals surface area (Å²) < 4.78 is 0. The van der Waals surface area contributed by atoms with Crippen molar-refractivity contribution in [3.05, 3.63) is 17.8 Å². The largest absolute Gasteiger partial charge is 0.368 e. The lowest BCUT2D eigenvalue weighted by molar-refractivity contribution is 0.572. The van der Waals surface area contributed by atoms with E-state index in [9.17, 15) is 0 Å². The molecule has 1 aromatic rings. The first-order valence-corrected chi connectivity index (χ1v) is 5.12. The first-order valence-electron chi connectivity index (χ1n) is 5.12. The Labute approximate surface area is 84.9 Å². The minimum Gasteiger partial charge on any atom is -0.368 e. The molecular weight excluding hydrogens is 174 g/mol. The van der Waals surface area contributed by atoms with E-state index >= 15 is 0 Å². The molecule has 1 unspecified atom stereocenters. The second-order valence-corrected chi connectivity index (χ2v) is 4.83. The average Bonchev–Trinajstić information content (AvgIpc) is 2.73. The molecule has 0 amide bonds. The molecule has 1 aliphatic rings. The quantitative estimate of drug-likeness (QED) is 0.796. The Bertz CT molecular complexity index is 316. The predicted octanol–water partition coefficient (Wildman–Crippen LogP) is 2.24. The first-order chi connectivity index (χ1) is 6.58. The number of nitrogens with zero attached hydrogens (tertiary/aromatic N) is 2. The number of hydrogen-bond donors (Lipinski definition) is 1. The van der Waals surface area contributed by atoms with Gasteiger partial charge in [-0.1, -0.05) is 13.8 Å². The van der Waals surface area contributed by atoms with E-state index in [2.05, 4.69) is 29.4 Å². The molecule has 1 heterocycles. The fourth-order valence-electron chi connectivity index (χ4n) is 1.65. The summed E-state index contributed by atoms with van der Waals surface area (Å²) in [6.45, 7) is 7.58. The monoisotopic (exact) mass is 191 g/mol. The number of hydrogen-bond acceptors (Lipinski definition) is 3. The van der Waals surface area contributed by atoms with Crippen molar-refractivity contribution in [1.29, 1.82) is 0 Å². The van der Waals surface area contributed by atoms with E-state index in [0.29, 0.717) is 5.41 Å². The van der Waals surface area contributed by atoms with Gasteiger partial charge in [0.15, 0.2) is 0 Å². The predicted molar refractivity (Wildman–Crippen MR) is 57.1 cm³/mol. The van der Waals surface area contributed by atoms with Crippen molar-refractivity contribution in [2.24, 2.45) is 11.3 Å². The smallest absolute Gasteiger partial charge is 0.148 e. The Kier molecular flexibility index (Phi) is 2.17. The zero-order chi connectivity index (χ0) is 10.2. The fraction of sp³-hybridized carbons (Fsp3) is 0.636. The van der Waals surface area contributed by atoms with E-state index < -0.39 is 0 Å². The average molecular weight is 191 g/mol. The summed E-state index contributed by atoms with van der Waals surface area (Å²) in [4.78, 5) is 0. The molecule has 1 aliphatic carbocycles. The molecule has 3 nitrogen and oxygen atoms in total. The molecule has 1 fully saturated rings. The Balaban J connectivity index is 1.84. The fourth-order valence-corrected chi connectivity index (χ4v) is 1.65. The second kappa shape index (κ2) is 3.23. The molecule has 1 saturated carbocycles. The normalized spacial score (nSPS) is 23.2. The molecule has 2 rings (SSSR count). The Morgan fingerprint density at radius 2 is 2.14 bits per heavy atom. The second-order valence-electron chi connectivity index (χ2n) is 4.83. The van der Waals surface area contributed by atoms with Gasteiger partial charge in [0.05, 0.1) is 5.69 Å². The van der Waals surface area contributed by atoms with Crippen LogP contribution in [0.5, 0.6) is 0 Å². The third kappa shape index (κ3) is 2.03. The van der Waals surface area contributed by atoms with Crippen LogP contribution in [0.4, 0.5) is 5.82 Å². The van der Waals surface area contributed by atoms with Crippen LogP contribution >= 0.6 is 0 Å². The highest BCUT2D eigenvalue weighted by Crippen LogP contribution is 2.51. The van der Waals surface area contributed by atoms with E-state index in [4.69, 9.17) is 0 Å². The van der Waals surface area contributed by atoms with Crippen LogP contribution in [0.1, 0.15) is 26.0 Å². The molecule has 76 valence electrons. The number of aryl methyl sites for hydroxylation is 1. The molecule has 0 aromatic carbocycles. The third-order valence-corrected chi connectivity index (χ3v) is 3.04. The lowest BCUT2D eigenvalue weighted by atomic mass is 10.1. The number of nitrogens with one attached hydrogen (secondary N) is 1. The zero-order valence-electron chi connectivity index (χ0n) is 9.04. The first kappa shape index (κ1) is 9.44. The maximum absolute atomic E-state index is 4.06. The Morgan fingerprint density at radius 3 is 2.64 bits per heavy atom. The summed E-state index contributed by atoms with van der Waals surface area (Å²) in [5.41, 5.74) is 1.49. The Hall–Kier alpha value is -1.12. The van der Waals surface area contributed by atoms with Crippen LogP contribution in [0.15, 0.2) is 12.1 Å². The molecule has 0 radical (unpaired) electrons. The van der Waals surface area contributed by atoms with Crippen molar-refractivity contribution in [1.82, 2.24) is 10.2 Å². The number of rotatable bonds is 3. The van der Waals surface area contributed by atoms with E-state index in [1.165, 1.54) is 6.42 Å². The highest BCUT2D eigenvalue weighted by molar-refractivity contribution is 5.33. The summed E-state index contributed by atoms with van der Waals surface area (Å²) in [6.07, 6.45) is 1.32. The van der Waals surface area contributed by atoms with Crippen molar-refractivity contribution in [3.63, 3.8) is 0 Å². The van der Waals surface area contributed by atoms with E-state index in [1.54, 1.807) is 0 Å². The van der Waals surface area contributed by atoms with Crippen LogP contribution in [0.3, 0.4) is 0 Å². The van der Waals surface area contributed by atoms with Crippen LogP contribution in [-0.4, -0.2) is 16.7 Å². The van der Waals surface area contributed by atoms with Crippen molar-refractivity contribution in [2.75, 3.05) is 11.9 Å². The molecule has 0 bridgehead atoms. The number of aromatic nitrogens is 2. The summed E-state index contributed by atoms with van der Waals surface area (Å²) in [6, 6.07) is 3.96. The summed E-state index contributed by atoms with van der Waals surface area (Å²) >= 11 is 0. The molecule has 0 saturated heterocycles. The number of anilines is 1. The third-order valence-electron chi connectivity index (χ3n) is 3.04. The van der Waals surface area contributed by atoms with Crippen LogP contribution in [0, 0.1) is 18.3 Å².